The van der Waals surface area contributed by atoms with Crippen molar-refractivity contribution in [3.63, 3.8) is 0 Å². The van der Waals surface area contributed by atoms with Gasteiger partial charge in [0, 0.05) is 17.8 Å². The first-order chi connectivity index (χ1) is 15.3. The second-order valence-corrected chi connectivity index (χ2v) is 11.1. The van der Waals surface area contributed by atoms with Crippen molar-refractivity contribution < 1.29 is 9.90 Å². The van der Waals surface area contributed by atoms with E-state index in [-0.39, 0.29) is 17.1 Å². The van der Waals surface area contributed by atoms with Crippen LogP contribution in [0, 0.1) is 29.1 Å². The van der Waals surface area contributed by atoms with Crippen LogP contribution in [0.1, 0.15) is 95.6 Å². The zero-order valence-electron chi connectivity index (χ0n) is 20.0. The van der Waals surface area contributed by atoms with Crippen LogP contribution >= 0.6 is 0 Å². The van der Waals surface area contributed by atoms with Gasteiger partial charge in [-0.15, -0.1) is 5.92 Å². The van der Waals surface area contributed by atoms with Gasteiger partial charge in [-0.3, -0.25) is 4.79 Å². The fraction of sp³-hybridized carbons (Fsp3) is 0.567. The van der Waals surface area contributed by atoms with Gasteiger partial charge in [-0.05, 0) is 91.6 Å². The molecular weight excluding hydrogens is 392 g/mol. The first-order valence-electron chi connectivity index (χ1n) is 12.5. The molecule has 0 amide bonds. The summed E-state index contributed by atoms with van der Waals surface area (Å²) in [5.41, 5.74) is 5.98. The molecule has 0 bridgehead atoms. The van der Waals surface area contributed by atoms with E-state index in [9.17, 15) is 9.90 Å². The Balaban J connectivity index is 1.70. The number of allylic oxidation sites excluding steroid dienone is 4. The van der Waals surface area contributed by atoms with Crippen molar-refractivity contribution >= 4 is 5.78 Å². The molecule has 1 aromatic carbocycles. The highest BCUT2D eigenvalue weighted by Crippen LogP contribution is 2.66. The van der Waals surface area contributed by atoms with Gasteiger partial charge in [-0.2, -0.15) is 0 Å². The van der Waals surface area contributed by atoms with Crippen LogP contribution in [0.4, 0.5) is 0 Å². The molecule has 5 rings (SSSR count). The Kier molecular flexibility index (Phi) is 5.25. The predicted molar refractivity (Wildman–Crippen MR) is 129 cm³/mol. The highest BCUT2D eigenvalue weighted by atomic mass is 16.3. The van der Waals surface area contributed by atoms with Crippen molar-refractivity contribution in [3.05, 3.63) is 58.2 Å². The summed E-state index contributed by atoms with van der Waals surface area (Å²) < 4.78 is 0. The maximum absolute atomic E-state index is 12.2. The summed E-state index contributed by atoms with van der Waals surface area (Å²) in [6, 6.07) is 9.12. The van der Waals surface area contributed by atoms with Crippen LogP contribution in [0.15, 0.2) is 47.1 Å². The Morgan fingerprint density at radius 1 is 1.16 bits per heavy atom. The summed E-state index contributed by atoms with van der Waals surface area (Å²) in [5, 5.41) is 11.8. The minimum absolute atomic E-state index is 0.213. The van der Waals surface area contributed by atoms with Crippen LogP contribution < -0.4 is 0 Å². The van der Waals surface area contributed by atoms with Crippen LogP contribution in [0.25, 0.3) is 0 Å². The van der Waals surface area contributed by atoms with E-state index >= 15 is 0 Å². The Labute approximate surface area is 193 Å². The van der Waals surface area contributed by atoms with Crippen molar-refractivity contribution in [1.82, 2.24) is 0 Å². The molecule has 2 heteroatoms. The van der Waals surface area contributed by atoms with Crippen LogP contribution in [-0.4, -0.2) is 16.5 Å². The molecule has 1 aromatic rings. The molecule has 5 atom stereocenters. The molecule has 4 aliphatic carbocycles. The molecule has 2 fully saturated rings. The number of carbonyl (C=O) groups excluding carboxylic acids is 1. The number of ketones is 1. The summed E-state index contributed by atoms with van der Waals surface area (Å²) in [7, 11) is 0. The lowest BCUT2D eigenvalue weighted by atomic mass is 9.51. The first kappa shape index (κ1) is 21.7. The highest BCUT2D eigenvalue weighted by Gasteiger charge is 2.62. The fourth-order valence-electron chi connectivity index (χ4n) is 7.51. The molecule has 1 N–H and O–H groups in total. The molecule has 0 heterocycles. The molecule has 2 nitrogen and oxygen atoms in total. The van der Waals surface area contributed by atoms with E-state index < -0.39 is 5.60 Å². The Morgan fingerprint density at radius 3 is 2.72 bits per heavy atom. The van der Waals surface area contributed by atoms with Crippen LogP contribution in [-0.2, 0) is 4.79 Å². The van der Waals surface area contributed by atoms with Gasteiger partial charge in [0.1, 0.15) is 5.60 Å². The van der Waals surface area contributed by atoms with Crippen LogP contribution in [0.3, 0.4) is 0 Å². The summed E-state index contributed by atoms with van der Waals surface area (Å²) >= 11 is 0. The molecule has 168 valence electrons. The standard InChI is InChI=1S/C30H36O2/c1-5-14-30(32)15-13-27-25-11-9-22-17-23(31)10-12-24(22)28(25)26(18-29(27,30)4)21-8-6-7-20(16-21)19(2)3/h6-8,16-17,19,25-27,32H,9-13,15,18H2,1-4H3/t25-,26+,27-,29-,30-/m0/s1. The molecule has 0 aromatic heterocycles. The summed E-state index contributed by atoms with van der Waals surface area (Å²) in [6.07, 6.45) is 8.30. The van der Waals surface area contributed by atoms with E-state index in [1.165, 1.54) is 22.3 Å². The molecule has 2 saturated carbocycles. The second-order valence-electron chi connectivity index (χ2n) is 11.1. The average Bonchev–Trinajstić information content (AvgIpc) is 3.03. The van der Waals surface area contributed by atoms with Gasteiger partial charge in [-0.25, -0.2) is 0 Å². The normalized spacial score (nSPS) is 36.1. The van der Waals surface area contributed by atoms with Crippen molar-refractivity contribution in [2.75, 3.05) is 0 Å². The van der Waals surface area contributed by atoms with Gasteiger partial charge in [0.15, 0.2) is 5.78 Å². The van der Waals surface area contributed by atoms with Crippen molar-refractivity contribution in [2.45, 2.75) is 90.1 Å². The number of aliphatic hydroxyl groups is 1. The van der Waals surface area contributed by atoms with E-state index in [1.807, 2.05) is 13.0 Å². The minimum Gasteiger partial charge on any atom is -0.377 e. The van der Waals surface area contributed by atoms with E-state index in [2.05, 4.69) is 56.9 Å². The SMILES string of the molecule is CC#C[C@]1(O)CC[C@H]2[C@@H]3CCC4=CC(=O)CCC4=C3[C@@H](c3cccc(C(C)C)c3)C[C@@]21C. The molecular formula is C30H36O2. The molecule has 0 saturated heterocycles. The van der Waals surface area contributed by atoms with E-state index in [0.29, 0.717) is 24.2 Å². The first-order valence-corrected chi connectivity index (χ1v) is 12.5. The van der Waals surface area contributed by atoms with Gasteiger partial charge < -0.3 is 5.11 Å². The number of hydrogen-bond donors (Lipinski definition) is 1. The number of carbonyl (C=O) groups is 1. The van der Waals surface area contributed by atoms with E-state index in [0.717, 1.165) is 38.5 Å². The van der Waals surface area contributed by atoms with E-state index in [4.69, 9.17) is 0 Å². The minimum atomic E-state index is -0.908. The lowest BCUT2D eigenvalue weighted by Gasteiger charge is -2.53. The molecule has 4 aliphatic rings. The van der Waals surface area contributed by atoms with Gasteiger partial charge in [-0.1, -0.05) is 56.5 Å². The van der Waals surface area contributed by atoms with Crippen molar-refractivity contribution in [2.24, 2.45) is 17.3 Å². The van der Waals surface area contributed by atoms with E-state index in [1.54, 1.807) is 5.57 Å². The number of hydrogen-bond acceptors (Lipinski definition) is 2. The lowest BCUT2D eigenvalue weighted by molar-refractivity contribution is -0.114. The number of fused-ring (bicyclic) bond motifs is 4. The summed E-state index contributed by atoms with van der Waals surface area (Å²) in [5.74, 6) is 8.30. The second kappa shape index (κ2) is 7.74. The average molecular weight is 429 g/mol. The van der Waals surface area contributed by atoms with Gasteiger partial charge in [0.25, 0.3) is 0 Å². The van der Waals surface area contributed by atoms with Gasteiger partial charge in [0.05, 0.1) is 0 Å². The third-order valence-corrected chi connectivity index (χ3v) is 9.20. The highest BCUT2D eigenvalue weighted by molar-refractivity contribution is 5.93. The van der Waals surface area contributed by atoms with Crippen LogP contribution in [0.2, 0.25) is 0 Å². The fourth-order valence-corrected chi connectivity index (χ4v) is 7.51. The zero-order valence-corrected chi connectivity index (χ0v) is 20.0. The van der Waals surface area contributed by atoms with Crippen molar-refractivity contribution in [1.29, 1.82) is 0 Å². The molecule has 0 unspecified atom stereocenters. The summed E-state index contributed by atoms with van der Waals surface area (Å²) in [4.78, 5) is 12.2. The molecule has 0 radical (unpaired) electrons. The molecule has 0 aliphatic heterocycles. The molecule has 32 heavy (non-hydrogen) atoms. The zero-order chi connectivity index (χ0) is 22.7. The van der Waals surface area contributed by atoms with Crippen molar-refractivity contribution in [3.8, 4) is 11.8 Å². The Hall–Kier alpha value is -2.11. The Bertz CT molecular complexity index is 1080. The maximum atomic E-state index is 12.2. The molecule has 0 spiro atoms. The predicted octanol–water partition coefficient (Wildman–Crippen LogP) is 6.46. The maximum Gasteiger partial charge on any atom is 0.156 e. The van der Waals surface area contributed by atoms with Gasteiger partial charge in [0.2, 0.25) is 0 Å². The smallest absolute Gasteiger partial charge is 0.156 e. The summed E-state index contributed by atoms with van der Waals surface area (Å²) in [6.45, 7) is 8.67. The lowest BCUT2D eigenvalue weighted by Crippen LogP contribution is -2.51. The monoisotopic (exact) mass is 428 g/mol. The number of rotatable bonds is 2. The van der Waals surface area contributed by atoms with Gasteiger partial charge >= 0.3 is 0 Å². The topological polar surface area (TPSA) is 37.3 Å². The Morgan fingerprint density at radius 2 is 1.97 bits per heavy atom. The largest absolute Gasteiger partial charge is 0.377 e. The number of benzene rings is 1. The third kappa shape index (κ3) is 3.16. The quantitative estimate of drug-likeness (QED) is 0.549. The van der Waals surface area contributed by atoms with Crippen LogP contribution in [0.5, 0.6) is 0 Å². The third-order valence-electron chi connectivity index (χ3n) is 9.20.